The van der Waals surface area contributed by atoms with Crippen molar-refractivity contribution in [2.24, 2.45) is 0 Å². The summed E-state index contributed by atoms with van der Waals surface area (Å²) in [5, 5.41) is 16.3. The summed E-state index contributed by atoms with van der Waals surface area (Å²) >= 11 is 1.49. The van der Waals surface area contributed by atoms with Crippen molar-refractivity contribution < 1.29 is 9.90 Å². The Morgan fingerprint density at radius 1 is 1.36 bits per heavy atom. The zero-order valence-electron chi connectivity index (χ0n) is 14.9. The molecule has 6 nitrogen and oxygen atoms in total. The number of carbonyl (C=O) groups is 1. The van der Waals surface area contributed by atoms with Crippen LogP contribution < -0.4 is 10.6 Å². The van der Waals surface area contributed by atoms with Gasteiger partial charge in [0, 0.05) is 48.7 Å². The molecule has 0 unspecified atom stereocenters. The Labute approximate surface area is 153 Å². The van der Waals surface area contributed by atoms with E-state index in [-0.39, 0.29) is 24.6 Å². The van der Waals surface area contributed by atoms with E-state index >= 15 is 0 Å². The number of nitrogens with zero attached hydrogens (tertiary/aromatic N) is 2. The Balaban J connectivity index is 1.64. The number of aliphatic hydroxyl groups excluding tert-OH is 1. The number of β-amino-alcohol motifs (C(OH)–C–C–N with tert-alkyl or cyclic N) is 1. The maximum atomic E-state index is 12.7. The molecule has 1 aromatic rings. The lowest BCUT2D eigenvalue weighted by molar-refractivity contribution is 0.0916. The van der Waals surface area contributed by atoms with Crippen molar-refractivity contribution in [3.63, 3.8) is 0 Å². The molecule has 1 aromatic heterocycles. The molecule has 2 heterocycles. The van der Waals surface area contributed by atoms with Gasteiger partial charge in [-0.05, 0) is 19.8 Å². The summed E-state index contributed by atoms with van der Waals surface area (Å²) in [6, 6.07) is 0.384. The molecule has 1 aliphatic heterocycles. The number of amides is 1. The minimum absolute atomic E-state index is 0.0616. The summed E-state index contributed by atoms with van der Waals surface area (Å²) < 4.78 is 0. The molecule has 0 saturated heterocycles. The Hall–Kier alpha value is -1.44. The highest BCUT2D eigenvalue weighted by molar-refractivity contribution is 7.13. The van der Waals surface area contributed by atoms with Gasteiger partial charge in [-0.25, -0.2) is 4.98 Å². The lowest BCUT2D eigenvalue weighted by Crippen LogP contribution is -2.51. The molecule has 0 aromatic carbocycles. The van der Waals surface area contributed by atoms with Gasteiger partial charge in [-0.1, -0.05) is 19.4 Å². The highest BCUT2D eigenvalue weighted by Crippen LogP contribution is 2.26. The van der Waals surface area contributed by atoms with E-state index < -0.39 is 0 Å². The summed E-state index contributed by atoms with van der Waals surface area (Å²) in [5.74, 6) is -0.0616. The van der Waals surface area contributed by atoms with Gasteiger partial charge < -0.3 is 15.7 Å². The second-order valence-electron chi connectivity index (χ2n) is 7.03. The van der Waals surface area contributed by atoms with Crippen LogP contribution in [0.15, 0.2) is 12.3 Å². The lowest BCUT2D eigenvalue weighted by Gasteiger charge is -2.33. The number of allylic oxidation sites excluding steroid dienone is 1. The summed E-state index contributed by atoms with van der Waals surface area (Å²) in [6.45, 7) is 8.41. The molecule has 7 heteroatoms. The second kappa shape index (κ2) is 8.29. The number of aliphatic hydroxyl groups is 1. The number of thiazole rings is 1. The molecule has 3 N–H and O–H groups in total. The van der Waals surface area contributed by atoms with Crippen LogP contribution in [0.3, 0.4) is 0 Å². The zero-order chi connectivity index (χ0) is 17.8. The number of fused-ring (bicyclic) bond motifs is 1. The van der Waals surface area contributed by atoms with E-state index in [4.69, 9.17) is 5.11 Å². The fourth-order valence-corrected chi connectivity index (χ4v) is 4.75. The quantitative estimate of drug-likeness (QED) is 0.716. The lowest BCUT2D eigenvalue weighted by atomic mass is 9.90. The largest absolute Gasteiger partial charge is 0.395 e. The molecule has 2 aliphatic rings. The third-order valence-corrected chi connectivity index (χ3v) is 6.02. The van der Waals surface area contributed by atoms with Crippen molar-refractivity contribution in [3.8, 4) is 0 Å². The summed E-state index contributed by atoms with van der Waals surface area (Å²) in [7, 11) is 0. The summed E-state index contributed by atoms with van der Waals surface area (Å²) in [4.78, 5) is 20.6. The highest BCUT2D eigenvalue weighted by Gasteiger charge is 2.28. The fraction of sp³-hybridized carbons (Fsp3) is 0.667. The van der Waals surface area contributed by atoms with Gasteiger partial charge in [0.25, 0.3) is 5.91 Å². The summed E-state index contributed by atoms with van der Waals surface area (Å²) in [6.07, 6.45) is 5.23. The van der Waals surface area contributed by atoms with E-state index in [0.717, 1.165) is 55.0 Å². The average molecular weight is 365 g/mol. The van der Waals surface area contributed by atoms with Gasteiger partial charge in [0.1, 0.15) is 0 Å². The number of aromatic nitrogens is 1. The molecule has 0 spiro atoms. The van der Waals surface area contributed by atoms with Gasteiger partial charge in [-0.2, -0.15) is 0 Å². The third-order valence-electron chi connectivity index (χ3n) is 4.94. The SMILES string of the molecule is C=C(C)N[C@H]1CCCC[C@H]1NC(=O)c1nc2c(s1)CN(CCO)CC2. The van der Waals surface area contributed by atoms with Crippen LogP contribution in [0.4, 0.5) is 0 Å². The minimum atomic E-state index is -0.0616. The Morgan fingerprint density at radius 3 is 2.76 bits per heavy atom. The van der Waals surface area contributed by atoms with Crippen molar-refractivity contribution in [1.29, 1.82) is 0 Å². The normalized spacial score (nSPS) is 23.8. The Kier molecular flexibility index (Phi) is 6.09. The fourth-order valence-electron chi connectivity index (χ4n) is 3.70. The van der Waals surface area contributed by atoms with Gasteiger partial charge >= 0.3 is 0 Å². The van der Waals surface area contributed by atoms with E-state index in [1.165, 1.54) is 17.8 Å². The predicted molar refractivity (Wildman–Crippen MR) is 99.6 cm³/mol. The van der Waals surface area contributed by atoms with E-state index in [1.807, 2.05) is 6.92 Å². The molecule has 0 radical (unpaired) electrons. The van der Waals surface area contributed by atoms with Crippen molar-refractivity contribution >= 4 is 17.2 Å². The predicted octanol–water partition coefficient (Wildman–Crippen LogP) is 1.66. The third kappa shape index (κ3) is 4.59. The zero-order valence-corrected chi connectivity index (χ0v) is 15.7. The second-order valence-corrected chi connectivity index (χ2v) is 8.12. The highest BCUT2D eigenvalue weighted by atomic mass is 32.1. The maximum Gasteiger partial charge on any atom is 0.280 e. The van der Waals surface area contributed by atoms with Crippen molar-refractivity contribution in [3.05, 3.63) is 27.9 Å². The van der Waals surface area contributed by atoms with Crippen molar-refractivity contribution in [1.82, 2.24) is 20.5 Å². The molecule has 1 amide bonds. The van der Waals surface area contributed by atoms with Crippen LogP contribution in [0.25, 0.3) is 0 Å². The first-order chi connectivity index (χ1) is 12.1. The molecule has 3 rings (SSSR count). The van der Waals surface area contributed by atoms with Gasteiger partial charge in [0.05, 0.1) is 12.3 Å². The number of nitrogens with one attached hydrogen (secondary N) is 2. The van der Waals surface area contributed by atoms with Crippen LogP contribution in [0, 0.1) is 0 Å². The summed E-state index contributed by atoms with van der Waals surface area (Å²) in [5.41, 5.74) is 1.99. The van der Waals surface area contributed by atoms with Crippen LogP contribution in [0.5, 0.6) is 0 Å². The van der Waals surface area contributed by atoms with Gasteiger partial charge in [-0.3, -0.25) is 9.69 Å². The van der Waals surface area contributed by atoms with Gasteiger partial charge in [-0.15, -0.1) is 11.3 Å². The van der Waals surface area contributed by atoms with Gasteiger partial charge in [0.15, 0.2) is 5.01 Å². The first-order valence-electron chi connectivity index (χ1n) is 9.11. The molecule has 25 heavy (non-hydrogen) atoms. The van der Waals surface area contributed by atoms with E-state index in [2.05, 4.69) is 27.1 Å². The molecule has 2 atom stereocenters. The molecular weight excluding hydrogens is 336 g/mol. The first kappa shape index (κ1) is 18.4. The smallest absolute Gasteiger partial charge is 0.280 e. The van der Waals surface area contributed by atoms with Crippen LogP contribution >= 0.6 is 11.3 Å². The molecule has 138 valence electrons. The monoisotopic (exact) mass is 364 g/mol. The van der Waals surface area contributed by atoms with Crippen LogP contribution in [0.1, 0.15) is 53.0 Å². The minimum Gasteiger partial charge on any atom is -0.395 e. The Bertz CT molecular complexity index is 631. The van der Waals surface area contributed by atoms with Crippen LogP contribution in [-0.4, -0.2) is 52.7 Å². The molecule has 0 bridgehead atoms. The van der Waals surface area contributed by atoms with E-state index in [9.17, 15) is 4.79 Å². The van der Waals surface area contributed by atoms with Crippen LogP contribution in [-0.2, 0) is 13.0 Å². The first-order valence-corrected chi connectivity index (χ1v) is 9.93. The molecule has 1 fully saturated rings. The molecule has 1 saturated carbocycles. The van der Waals surface area contributed by atoms with E-state index in [0.29, 0.717) is 11.6 Å². The number of hydrogen-bond acceptors (Lipinski definition) is 6. The van der Waals surface area contributed by atoms with Crippen molar-refractivity contribution in [2.45, 2.75) is 57.7 Å². The standard InChI is InChI=1S/C18H28N4O2S/c1-12(2)19-13-5-3-4-6-14(13)20-17(24)18-21-15-7-8-22(9-10-23)11-16(15)25-18/h13-14,19,23H,1,3-11H2,2H3,(H,20,24)/t13-,14+/m0/s1. The average Bonchev–Trinajstić information content (AvgIpc) is 3.00. The van der Waals surface area contributed by atoms with Crippen molar-refractivity contribution in [2.75, 3.05) is 19.7 Å². The topological polar surface area (TPSA) is 77.5 Å². The number of rotatable bonds is 6. The van der Waals surface area contributed by atoms with Gasteiger partial charge in [0.2, 0.25) is 0 Å². The number of hydrogen-bond donors (Lipinski definition) is 3. The molecule has 1 aliphatic carbocycles. The van der Waals surface area contributed by atoms with Crippen LogP contribution in [0.2, 0.25) is 0 Å². The van der Waals surface area contributed by atoms with E-state index in [1.54, 1.807) is 0 Å². The maximum absolute atomic E-state index is 12.7. The number of carbonyl (C=O) groups excluding carboxylic acids is 1. The Morgan fingerprint density at radius 2 is 2.08 bits per heavy atom. The molecular formula is C18H28N4O2S.